The van der Waals surface area contributed by atoms with Crippen LogP contribution in [0.5, 0.6) is 5.88 Å². The van der Waals surface area contributed by atoms with Crippen LogP contribution in [0.3, 0.4) is 0 Å². The first-order chi connectivity index (χ1) is 8.50. The first-order valence-corrected chi connectivity index (χ1v) is 6.09. The molecule has 1 aromatic heterocycles. The average Bonchev–Trinajstić information content (AvgIpc) is 2.27. The van der Waals surface area contributed by atoms with Gasteiger partial charge in [-0.25, -0.2) is 9.37 Å². The van der Waals surface area contributed by atoms with Crippen molar-refractivity contribution < 1.29 is 13.9 Å². The zero-order valence-corrected chi connectivity index (χ0v) is 10.6. The molecule has 18 heavy (non-hydrogen) atoms. The zero-order valence-electron chi connectivity index (χ0n) is 10.6. The molecule has 1 aliphatic rings. The normalized spacial score (nSPS) is 26.3. The highest BCUT2D eigenvalue weighted by molar-refractivity contribution is 5.94. The Labute approximate surface area is 106 Å². The summed E-state index contributed by atoms with van der Waals surface area (Å²) in [6.45, 7) is 3.90. The van der Waals surface area contributed by atoms with Crippen LogP contribution < -0.4 is 10.1 Å². The Kier molecular flexibility index (Phi) is 3.50. The van der Waals surface area contributed by atoms with Gasteiger partial charge in [-0.15, -0.1) is 0 Å². The molecule has 0 atom stereocenters. The third kappa shape index (κ3) is 2.97. The highest BCUT2D eigenvalue weighted by atomic mass is 19.1. The number of amides is 1. The molecule has 1 fully saturated rings. The summed E-state index contributed by atoms with van der Waals surface area (Å²) in [7, 11) is 0. The number of halogens is 1. The maximum atomic E-state index is 13.3. The van der Waals surface area contributed by atoms with E-state index in [4.69, 9.17) is 4.74 Å². The van der Waals surface area contributed by atoms with Crippen LogP contribution in [0, 0.1) is 0 Å². The molecule has 1 amide bonds. The first-order valence-electron chi connectivity index (χ1n) is 6.09. The minimum atomic E-state index is -1.13. The predicted octanol–water partition coefficient (Wildman–Crippen LogP) is 2.10. The van der Waals surface area contributed by atoms with Gasteiger partial charge in [0, 0.05) is 36.7 Å². The van der Waals surface area contributed by atoms with Gasteiger partial charge in [-0.3, -0.25) is 4.79 Å². The second-order valence-electron chi connectivity index (χ2n) is 4.81. The second-order valence-corrected chi connectivity index (χ2v) is 4.81. The molecule has 0 aliphatic heterocycles. The number of carbonyl (C=O) groups excluding carboxylic acids is 1. The average molecular weight is 252 g/mol. The second kappa shape index (κ2) is 4.92. The summed E-state index contributed by atoms with van der Waals surface area (Å²) in [5.74, 6) is 0.216. The number of hydrogen-bond donors (Lipinski definition) is 1. The van der Waals surface area contributed by atoms with Gasteiger partial charge in [-0.1, -0.05) is 0 Å². The summed E-state index contributed by atoms with van der Waals surface area (Å²) < 4.78 is 18.5. The van der Waals surface area contributed by atoms with Crippen molar-refractivity contribution >= 4 is 5.91 Å². The number of nitrogens with zero attached hydrogens (tertiary/aromatic N) is 1. The lowest BCUT2D eigenvalue weighted by molar-refractivity contribution is 0.0445. The number of alkyl halides is 1. The summed E-state index contributed by atoms with van der Waals surface area (Å²) in [6, 6.07) is 3.13. The molecule has 0 radical (unpaired) electrons. The number of aromatic nitrogens is 1. The Bertz CT molecular complexity index is 440. The number of pyridine rings is 1. The van der Waals surface area contributed by atoms with Crippen molar-refractivity contribution in [3.05, 3.63) is 23.9 Å². The lowest BCUT2D eigenvalue weighted by Crippen LogP contribution is -2.51. The Morgan fingerprint density at radius 1 is 1.67 bits per heavy atom. The van der Waals surface area contributed by atoms with E-state index in [1.165, 1.54) is 6.20 Å². The smallest absolute Gasteiger partial charge is 0.251 e. The molecule has 1 saturated carbocycles. The van der Waals surface area contributed by atoms with E-state index in [2.05, 4.69) is 10.3 Å². The van der Waals surface area contributed by atoms with Gasteiger partial charge in [0.05, 0.1) is 6.61 Å². The fourth-order valence-electron chi connectivity index (χ4n) is 2.12. The Balaban J connectivity index is 1.94. The number of rotatable bonds is 4. The van der Waals surface area contributed by atoms with Crippen molar-refractivity contribution in [2.45, 2.75) is 38.4 Å². The molecule has 0 aromatic carbocycles. The Morgan fingerprint density at radius 2 is 2.39 bits per heavy atom. The van der Waals surface area contributed by atoms with Crippen LogP contribution in [0.4, 0.5) is 4.39 Å². The van der Waals surface area contributed by atoms with Gasteiger partial charge in [-0.2, -0.15) is 0 Å². The van der Waals surface area contributed by atoms with Gasteiger partial charge >= 0.3 is 0 Å². The molecule has 1 aromatic rings. The molecule has 1 N–H and O–H groups in total. The van der Waals surface area contributed by atoms with Crippen molar-refractivity contribution in [2.24, 2.45) is 0 Å². The van der Waals surface area contributed by atoms with Gasteiger partial charge in [-0.05, 0) is 19.9 Å². The standard InChI is InChI=1S/C13H17FN2O2/c1-3-18-11-6-9(4-5-15-11)12(17)16-10-7-13(2,14)8-10/h4-6,10H,3,7-8H2,1-2H3,(H,16,17). The summed E-state index contributed by atoms with van der Waals surface area (Å²) in [6.07, 6.45) is 2.28. The molecule has 0 unspecified atom stereocenters. The van der Waals surface area contributed by atoms with Crippen LogP contribution in [0.2, 0.25) is 0 Å². The molecule has 0 saturated heterocycles. The SMILES string of the molecule is CCOc1cc(C(=O)NC2CC(C)(F)C2)ccn1. The topological polar surface area (TPSA) is 51.2 Å². The van der Waals surface area contributed by atoms with Gasteiger partial charge in [0.2, 0.25) is 5.88 Å². The van der Waals surface area contributed by atoms with Crippen LogP contribution in [-0.4, -0.2) is 29.2 Å². The minimum absolute atomic E-state index is 0.0730. The Morgan fingerprint density at radius 3 is 3.00 bits per heavy atom. The molecule has 1 heterocycles. The van der Waals surface area contributed by atoms with Crippen molar-refractivity contribution in [3.63, 3.8) is 0 Å². The van der Waals surface area contributed by atoms with Gasteiger partial charge in [0.25, 0.3) is 5.91 Å². The fourth-order valence-corrected chi connectivity index (χ4v) is 2.12. The highest BCUT2D eigenvalue weighted by Gasteiger charge is 2.41. The van der Waals surface area contributed by atoms with Crippen molar-refractivity contribution in [2.75, 3.05) is 6.61 Å². The van der Waals surface area contributed by atoms with E-state index in [0.29, 0.717) is 30.9 Å². The van der Waals surface area contributed by atoms with Crippen LogP contribution in [-0.2, 0) is 0 Å². The van der Waals surface area contributed by atoms with E-state index < -0.39 is 5.67 Å². The summed E-state index contributed by atoms with van der Waals surface area (Å²) in [5.41, 5.74) is -0.645. The predicted molar refractivity (Wildman–Crippen MR) is 65.4 cm³/mol. The van der Waals surface area contributed by atoms with E-state index in [1.807, 2.05) is 6.92 Å². The van der Waals surface area contributed by atoms with E-state index in [9.17, 15) is 9.18 Å². The van der Waals surface area contributed by atoms with Crippen LogP contribution in [0.15, 0.2) is 18.3 Å². The summed E-state index contributed by atoms with van der Waals surface area (Å²) in [5, 5.41) is 2.80. The number of nitrogens with one attached hydrogen (secondary N) is 1. The maximum absolute atomic E-state index is 13.3. The number of hydrogen-bond acceptors (Lipinski definition) is 3. The Hall–Kier alpha value is -1.65. The molecule has 0 bridgehead atoms. The maximum Gasteiger partial charge on any atom is 0.251 e. The van der Waals surface area contributed by atoms with Crippen LogP contribution in [0.25, 0.3) is 0 Å². The molecule has 1 aliphatic carbocycles. The molecule has 4 nitrogen and oxygen atoms in total. The number of carbonyl (C=O) groups is 1. The van der Waals surface area contributed by atoms with Crippen molar-refractivity contribution in [1.29, 1.82) is 0 Å². The van der Waals surface area contributed by atoms with Crippen LogP contribution in [0.1, 0.15) is 37.0 Å². The molecule has 0 spiro atoms. The van der Waals surface area contributed by atoms with Gasteiger partial charge in [0.15, 0.2) is 0 Å². The molecular weight excluding hydrogens is 235 g/mol. The van der Waals surface area contributed by atoms with Crippen molar-refractivity contribution in [1.82, 2.24) is 10.3 Å². The fraction of sp³-hybridized carbons (Fsp3) is 0.538. The third-order valence-corrected chi connectivity index (χ3v) is 2.97. The first kappa shape index (κ1) is 12.8. The number of ether oxygens (including phenoxy) is 1. The van der Waals surface area contributed by atoms with Crippen LogP contribution >= 0.6 is 0 Å². The van der Waals surface area contributed by atoms with E-state index in [0.717, 1.165) is 0 Å². The van der Waals surface area contributed by atoms with E-state index >= 15 is 0 Å². The monoisotopic (exact) mass is 252 g/mol. The van der Waals surface area contributed by atoms with E-state index in [-0.39, 0.29) is 11.9 Å². The summed E-state index contributed by atoms with van der Waals surface area (Å²) in [4.78, 5) is 15.9. The molecule has 98 valence electrons. The third-order valence-electron chi connectivity index (χ3n) is 2.97. The van der Waals surface area contributed by atoms with E-state index in [1.54, 1.807) is 19.1 Å². The van der Waals surface area contributed by atoms with Gasteiger partial charge in [0.1, 0.15) is 5.67 Å². The highest BCUT2D eigenvalue weighted by Crippen LogP contribution is 2.35. The molecule has 2 rings (SSSR count). The minimum Gasteiger partial charge on any atom is -0.478 e. The van der Waals surface area contributed by atoms with Gasteiger partial charge < -0.3 is 10.1 Å². The quantitative estimate of drug-likeness (QED) is 0.892. The lowest BCUT2D eigenvalue weighted by Gasteiger charge is -2.38. The largest absolute Gasteiger partial charge is 0.478 e. The molecular formula is C13H17FN2O2. The lowest BCUT2D eigenvalue weighted by atomic mass is 9.79. The van der Waals surface area contributed by atoms with Crippen molar-refractivity contribution in [3.8, 4) is 5.88 Å². The molecule has 5 heteroatoms. The summed E-state index contributed by atoms with van der Waals surface area (Å²) >= 11 is 0. The zero-order chi connectivity index (χ0) is 13.2.